The van der Waals surface area contributed by atoms with Gasteiger partial charge in [-0.3, -0.25) is 13.8 Å². The molecule has 6 heteroatoms. The maximum absolute atomic E-state index is 11.9. The van der Waals surface area contributed by atoms with Crippen LogP contribution in [0.3, 0.4) is 0 Å². The standard InChI is InChI=1S/C10H19NO4S/c1-7(6-9(12)15-5)16(14)8(2)10(13)11(3)4/h7-8H,6H2,1-5H3. The third kappa shape index (κ3) is 4.30. The summed E-state index contributed by atoms with van der Waals surface area (Å²) < 4.78 is 16.4. The van der Waals surface area contributed by atoms with E-state index in [4.69, 9.17) is 0 Å². The van der Waals surface area contributed by atoms with E-state index in [2.05, 4.69) is 4.74 Å². The van der Waals surface area contributed by atoms with Crippen molar-refractivity contribution in [1.82, 2.24) is 4.90 Å². The summed E-state index contributed by atoms with van der Waals surface area (Å²) in [6.45, 7) is 3.28. The number of carbonyl (C=O) groups excluding carboxylic acids is 2. The van der Waals surface area contributed by atoms with Crippen molar-refractivity contribution in [2.75, 3.05) is 21.2 Å². The van der Waals surface area contributed by atoms with Crippen LogP contribution in [0.5, 0.6) is 0 Å². The number of nitrogens with zero attached hydrogens (tertiary/aromatic N) is 1. The average molecular weight is 249 g/mol. The molecular formula is C10H19NO4S. The number of carbonyl (C=O) groups is 2. The van der Waals surface area contributed by atoms with Gasteiger partial charge in [0.25, 0.3) is 0 Å². The highest BCUT2D eigenvalue weighted by Crippen LogP contribution is 2.10. The number of ether oxygens (including phenoxy) is 1. The Labute approximate surface area is 98.6 Å². The van der Waals surface area contributed by atoms with Gasteiger partial charge in [0.15, 0.2) is 0 Å². The molecule has 0 radical (unpaired) electrons. The van der Waals surface area contributed by atoms with Crippen LogP contribution >= 0.6 is 0 Å². The number of amides is 1. The van der Waals surface area contributed by atoms with Crippen LogP contribution in [0.1, 0.15) is 20.3 Å². The largest absolute Gasteiger partial charge is 0.469 e. The van der Waals surface area contributed by atoms with E-state index >= 15 is 0 Å². The van der Waals surface area contributed by atoms with Crippen LogP contribution in [0.15, 0.2) is 0 Å². The molecule has 0 rings (SSSR count). The van der Waals surface area contributed by atoms with Gasteiger partial charge in [-0.05, 0) is 6.92 Å². The summed E-state index contributed by atoms with van der Waals surface area (Å²) in [6, 6.07) is 0. The molecule has 3 unspecified atom stereocenters. The molecule has 0 saturated heterocycles. The first-order valence-electron chi connectivity index (χ1n) is 4.98. The average Bonchev–Trinajstić information content (AvgIpc) is 2.25. The van der Waals surface area contributed by atoms with Crippen LogP contribution in [-0.2, 0) is 25.1 Å². The first-order valence-corrected chi connectivity index (χ1v) is 6.26. The van der Waals surface area contributed by atoms with Crippen LogP contribution in [-0.4, -0.2) is 52.7 Å². The van der Waals surface area contributed by atoms with E-state index in [1.807, 2.05) is 0 Å². The van der Waals surface area contributed by atoms with Crippen molar-refractivity contribution in [2.45, 2.75) is 30.8 Å². The van der Waals surface area contributed by atoms with Gasteiger partial charge in [-0.1, -0.05) is 6.92 Å². The minimum atomic E-state index is -1.37. The van der Waals surface area contributed by atoms with Crippen LogP contribution in [0.2, 0.25) is 0 Å². The van der Waals surface area contributed by atoms with Gasteiger partial charge in [-0.2, -0.15) is 0 Å². The number of rotatable bonds is 5. The molecule has 0 saturated carbocycles. The third-order valence-electron chi connectivity index (χ3n) is 2.22. The zero-order valence-electron chi connectivity index (χ0n) is 10.4. The zero-order valence-corrected chi connectivity index (χ0v) is 11.2. The SMILES string of the molecule is COC(=O)CC(C)S(=O)C(C)C(=O)N(C)C. The van der Waals surface area contributed by atoms with Crippen molar-refractivity contribution >= 4 is 22.7 Å². The third-order valence-corrected chi connectivity index (χ3v) is 4.07. The van der Waals surface area contributed by atoms with Gasteiger partial charge in [-0.25, -0.2) is 0 Å². The van der Waals surface area contributed by atoms with Gasteiger partial charge < -0.3 is 9.64 Å². The summed E-state index contributed by atoms with van der Waals surface area (Å²) in [4.78, 5) is 24.0. The van der Waals surface area contributed by atoms with Gasteiger partial charge in [-0.15, -0.1) is 0 Å². The minimum absolute atomic E-state index is 0.0637. The lowest BCUT2D eigenvalue weighted by molar-refractivity contribution is -0.140. The molecule has 0 N–H and O–H groups in total. The highest BCUT2D eigenvalue weighted by atomic mass is 32.2. The maximum Gasteiger partial charge on any atom is 0.306 e. The lowest BCUT2D eigenvalue weighted by Gasteiger charge is -2.19. The number of hydrogen-bond donors (Lipinski definition) is 0. The fourth-order valence-electron chi connectivity index (χ4n) is 1.21. The molecule has 0 bridgehead atoms. The number of methoxy groups -OCH3 is 1. The summed E-state index contributed by atoms with van der Waals surface area (Å²) in [5.41, 5.74) is 0. The number of esters is 1. The molecular weight excluding hydrogens is 230 g/mol. The molecule has 0 heterocycles. The van der Waals surface area contributed by atoms with E-state index < -0.39 is 22.0 Å². The molecule has 16 heavy (non-hydrogen) atoms. The second-order valence-electron chi connectivity index (χ2n) is 3.79. The molecule has 5 nitrogen and oxygen atoms in total. The highest BCUT2D eigenvalue weighted by molar-refractivity contribution is 7.87. The molecule has 0 aromatic carbocycles. The van der Waals surface area contributed by atoms with E-state index in [-0.39, 0.29) is 17.6 Å². The molecule has 0 aliphatic heterocycles. The quantitative estimate of drug-likeness (QED) is 0.651. The molecule has 1 amide bonds. The summed E-state index contributed by atoms with van der Waals surface area (Å²) in [5, 5.41) is -0.985. The monoisotopic (exact) mass is 249 g/mol. The van der Waals surface area contributed by atoms with Crippen molar-refractivity contribution in [2.24, 2.45) is 0 Å². The first-order chi connectivity index (χ1) is 7.31. The van der Waals surface area contributed by atoms with Crippen molar-refractivity contribution in [1.29, 1.82) is 0 Å². The Hall–Kier alpha value is -0.910. The van der Waals surface area contributed by atoms with E-state index in [9.17, 15) is 13.8 Å². The molecule has 0 aromatic heterocycles. The second-order valence-corrected chi connectivity index (χ2v) is 5.96. The normalized spacial score (nSPS) is 16.1. The van der Waals surface area contributed by atoms with Gasteiger partial charge in [0.1, 0.15) is 5.25 Å². The van der Waals surface area contributed by atoms with Gasteiger partial charge in [0.2, 0.25) is 5.91 Å². The summed E-state index contributed by atoms with van der Waals surface area (Å²) in [5.74, 6) is -0.611. The van der Waals surface area contributed by atoms with Crippen LogP contribution < -0.4 is 0 Å². The summed E-state index contributed by atoms with van der Waals surface area (Å²) in [7, 11) is 3.13. The second kappa shape index (κ2) is 6.62. The lowest BCUT2D eigenvalue weighted by atomic mass is 10.3. The molecule has 94 valence electrons. The van der Waals surface area contributed by atoms with Crippen LogP contribution in [0.4, 0.5) is 0 Å². The zero-order chi connectivity index (χ0) is 12.9. The van der Waals surface area contributed by atoms with E-state index in [1.165, 1.54) is 12.0 Å². The van der Waals surface area contributed by atoms with E-state index in [0.717, 1.165) is 0 Å². The van der Waals surface area contributed by atoms with E-state index in [0.29, 0.717) is 0 Å². The Morgan fingerprint density at radius 3 is 2.19 bits per heavy atom. The number of hydrogen-bond acceptors (Lipinski definition) is 4. The van der Waals surface area contributed by atoms with Crippen LogP contribution in [0.25, 0.3) is 0 Å². The van der Waals surface area contributed by atoms with E-state index in [1.54, 1.807) is 27.9 Å². The minimum Gasteiger partial charge on any atom is -0.469 e. The summed E-state index contributed by atoms with van der Waals surface area (Å²) >= 11 is 0. The van der Waals surface area contributed by atoms with Gasteiger partial charge in [0, 0.05) is 30.1 Å². The van der Waals surface area contributed by atoms with Crippen molar-refractivity contribution < 1.29 is 18.5 Å². The van der Waals surface area contributed by atoms with Crippen molar-refractivity contribution in [3.63, 3.8) is 0 Å². The van der Waals surface area contributed by atoms with Crippen molar-refractivity contribution in [3.8, 4) is 0 Å². The molecule has 0 spiro atoms. The maximum atomic E-state index is 11.9. The lowest BCUT2D eigenvalue weighted by Crippen LogP contribution is -2.37. The Balaban J connectivity index is 4.44. The topological polar surface area (TPSA) is 63.7 Å². The fourth-order valence-corrected chi connectivity index (χ4v) is 2.62. The molecule has 3 atom stereocenters. The molecule has 0 aromatic rings. The Kier molecular flexibility index (Phi) is 6.25. The first kappa shape index (κ1) is 15.1. The predicted octanol–water partition coefficient (Wildman–Crippen LogP) is 0.163. The predicted molar refractivity (Wildman–Crippen MR) is 62.4 cm³/mol. The molecule has 0 aliphatic rings. The Bertz CT molecular complexity index is 291. The Morgan fingerprint density at radius 2 is 1.81 bits per heavy atom. The van der Waals surface area contributed by atoms with Gasteiger partial charge >= 0.3 is 5.97 Å². The smallest absolute Gasteiger partial charge is 0.306 e. The van der Waals surface area contributed by atoms with Crippen molar-refractivity contribution in [3.05, 3.63) is 0 Å². The fraction of sp³-hybridized carbons (Fsp3) is 0.800. The highest BCUT2D eigenvalue weighted by Gasteiger charge is 2.27. The Morgan fingerprint density at radius 1 is 1.31 bits per heavy atom. The molecule has 0 fully saturated rings. The van der Waals surface area contributed by atoms with Gasteiger partial charge in [0.05, 0.1) is 13.5 Å². The summed E-state index contributed by atoms with van der Waals surface area (Å²) in [6.07, 6.45) is 0.0637. The molecule has 0 aliphatic carbocycles. The van der Waals surface area contributed by atoms with Crippen LogP contribution in [0, 0.1) is 0 Å².